The molecule has 5 rings (SSSR count). The van der Waals surface area contributed by atoms with Crippen LogP contribution in [0.5, 0.6) is 0 Å². The Labute approximate surface area is 289 Å². The third-order valence-electron chi connectivity index (χ3n) is 9.36. The van der Waals surface area contributed by atoms with Gasteiger partial charge in [-0.15, -0.1) is 0 Å². The van der Waals surface area contributed by atoms with Crippen LogP contribution < -0.4 is 16.0 Å². The van der Waals surface area contributed by atoms with Crippen LogP contribution in [0.4, 0.5) is 9.59 Å². The predicted molar refractivity (Wildman–Crippen MR) is 191 cm³/mol. The number of fused-ring (bicyclic) bond motifs is 1. The van der Waals surface area contributed by atoms with E-state index in [0.717, 1.165) is 28.3 Å². The number of rotatable bonds is 9. The summed E-state index contributed by atoms with van der Waals surface area (Å²) in [5.41, 5.74) is 0.563. The Hall–Kier alpha value is -4.60. The SMILES string of the molecule is CCNC(=O)C1(Cc2ccccc2)CCCN(C(=O)C(Cc2ccc3ccccc3c2)NC(=O)NC2CCCN(C(=O)OC(C)(C)C)C2)C1. The molecule has 2 heterocycles. The van der Waals surface area contributed by atoms with Gasteiger partial charge in [0.2, 0.25) is 11.8 Å². The van der Waals surface area contributed by atoms with Crippen molar-refractivity contribution in [1.82, 2.24) is 25.8 Å². The number of hydrogen-bond donors (Lipinski definition) is 3. The van der Waals surface area contributed by atoms with E-state index < -0.39 is 29.2 Å². The van der Waals surface area contributed by atoms with Gasteiger partial charge in [-0.25, -0.2) is 9.59 Å². The van der Waals surface area contributed by atoms with Gasteiger partial charge < -0.3 is 30.5 Å². The Balaban J connectivity index is 1.35. The maximum absolute atomic E-state index is 14.5. The molecule has 10 nitrogen and oxygen atoms in total. The highest BCUT2D eigenvalue weighted by Gasteiger charge is 2.44. The van der Waals surface area contributed by atoms with Crippen LogP contribution >= 0.6 is 0 Å². The summed E-state index contributed by atoms with van der Waals surface area (Å²) >= 11 is 0. The van der Waals surface area contributed by atoms with Crippen molar-refractivity contribution >= 4 is 34.7 Å². The minimum atomic E-state index is -0.867. The van der Waals surface area contributed by atoms with Gasteiger partial charge in [0.1, 0.15) is 11.6 Å². The fourth-order valence-corrected chi connectivity index (χ4v) is 7.06. The first-order valence-corrected chi connectivity index (χ1v) is 17.6. The van der Waals surface area contributed by atoms with E-state index >= 15 is 0 Å². The molecule has 0 bridgehead atoms. The van der Waals surface area contributed by atoms with Crippen LogP contribution in [0.1, 0.15) is 64.5 Å². The minimum Gasteiger partial charge on any atom is -0.444 e. The lowest BCUT2D eigenvalue weighted by Gasteiger charge is -2.43. The molecular weight excluding hydrogens is 618 g/mol. The van der Waals surface area contributed by atoms with E-state index in [1.54, 1.807) is 9.80 Å². The summed E-state index contributed by atoms with van der Waals surface area (Å²) in [6, 6.07) is 22.4. The molecule has 2 fully saturated rings. The van der Waals surface area contributed by atoms with Crippen molar-refractivity contribution in [3.05, 3.63) is 83.9 Å². The smallest absolute Gasteiger partial charge is 0.410 e. The molecule has 2 aliphatic heterocycles. The van der Waals surface area contributed by atoms with Gasteiger partial charge in [-0.05, 0) is 81.7 Å². The van der Waals surface area contributed by atoms with Gasteiger partial charge in [0, 0.05) is 45.2 Å². The molecule has 3 aromatic rings. The minimum absolute atomic E-state index is 0.0556. The summed E-state index contributed by atoms with van der Waals surface area (Å²) in [5.74, 6) is -0.274. The number of hydrogen-bond acceptors (Lipinski definition) is 5. The van der Waals surface area contributed by atoms with E-state index in [0.29, 0.717) is 51.9 Å². The van der Waals surface area contributed by atoms with E-state index in [-0.39, 0.29) is 30.8 Å². The lowest BCUT2D eigenvalue weighted by molar-refractivity contribution is -0.142. The number of amides is 5. The highest BCUT2D eigenvalue weighted by atomic mass is 16.6. The van der Waals surface area contributed by atoms with E-state index in [1.165, 1.54) is 0 Å². The normalized spacial score (nSPS) is 20.3. The zero-order valence-electron chi connectivity index (χ0n) is 29.3. The fraction of sp³-hybridized carbons (Fsp3) is 0.487. The summed E-state index contributed by atoms with van der Waals surface area (Å²) in [4.78, 5) is 57.8. The third kappa shape index (κ3) is 9.52. The quantitative estimate of drug-likeness (QED) is 0.281. The number of nitrogens with one attached hydrogen (secondary N) is 3. The van der Waals surface area contributed by atoms with Crippen LogP contribution in [0.25, 0.3) is 10.8 Å². The Bertz CT molecular complexity index is 1620. The molecule has 3 unspecified atom stereocenters. The number of carbonyl (C=O) groups is 4. The molecule has 5 amide bonds. The maximum Gasteiger partial charge on any atom is 0.410 e. The first-order chi connectivity index (χ1) is 23.4. The molecule has 2 saturated heterocycles. The van der Waals surface area contributed by atoms with E-state index in [2.05, 4.69) is 22.0 Å². The van der Waals surface area contributed by atoms with Crippen molar-refractivity contribution in [2.24, 2.45) is 5.41 Å². The number of nitrogens with zero attached hydrogens (tertiary/aromatic N) is 2. The highest BCUT2D eigenvalue weighted by Crippen LogP contribution is 2.35. The largest absolute Gasteiger partial charge is 0.444 e. The lowest BCUT2D eigenvalue weighted by Crippen LogP contribution is -2.60. The summed E-state index contributed by atoms with van der Waals surface area (Å²) < 4.78 is 5.56. The second-order valence-electron chi connectivity index (χ2n) is 14.5. The Morgan fingerprint density at radius 2 is 1.61 bits per heavy atom. The molecule has 0 aliphatic carbocycles. The zero-order valence-corrected chi connectivity index (χ0v) is 29.3. The number of likely N-dealkylation sites (tertiary alicyclic amines) is 2. The fourth-order valence-electron chi connectivity index (χ4n) is 7.06. The van der Waals surface area contributed by atoms with Crippen molar-refractivity contribution in [2.45, 2.75) is 83.9 Å². The van der Waals surface area contributed by atoms with Crippen LogP contribution in [-0.4, -0.2) is 84.1 Å². The van der Waals surface area contributed by atoms with Crippen molar-refractivity contribution in [1.29, 1.82) is 0 Å². The summed E-state index contributed by atoms with van der Waals surface area (Å²) in [7, 11) is 0. The Kier molecular flexibility index (Phi) is 11.5. The molecule has 262 valence electrons. The van der Waals surface area contributed by atoms with E-state index in [4.69, 9.17) is 4.74 Å². The van der Waals surface area contributed by atoms with Gasteiger partial charge in [-0.2, -0.15) is 0 Å². The Morgan fingerprint density at radius 1 is 0.898 bits per heavy atom. The molecule has 0 radical (unpaired) electrons. The molecule has 49 heavy (non-hydrogen) atoms. The number of carbonyl (C=O) groups excluding carboxylic acids is 4. The maximum atomic E-state index is 14.5. The molecule has 0 aromatic heterocycles. The number of ether oxygens (including phenoxy) is 1. The molecule has 10 heteroatoms. The second kappa shape index (κ2) is 15.7. The van der Waals surface area contributed by atoms with E-state index in [1.807, 2.05) is 94.4 Å². The van der Waals surface area contributed by atoms with Crippen LogP contribution in [0, 0.1) is 5.41 Å². The van der Waals surface area contributed by atoms with Gasteiger partial charge >= 0.3 is 12.1 Å². The summed E-state index contributed by atoms with van der Waals surface area (Å²) in [6.45, 7) is 9.54. The average Bonchev–Trinajstić information content (AvgIpc) is 3.07. The summed E-state index contributed by atoms with van der Waals surface area (Å²) in [5, 5.41) is 11.2. The summed E-state index contributed by atoms with van der Waals surface area (Å²) in [6.07, 6.45) is 3.17. The highest BCUT2D eigenvalue weighted by molar-refractivity contribution is 5.90. The first-order valence-electron chi connectivity index (χ1n) is 17.6. The topological polar surface area (TPSA) is 120 Å². The monoisotopic (exact) mass is 669 g/mol. The molecule has 2 aliphatic rings. The first kappa shape index (κ1) is 35.7. The van der Waals surface area contributed by atoms with Gasteiger partial charge in [0.15, 0.2) is 0 Å². The van der Waals surface area contributed by atoms with Crippen molar-refractivity contribution in [3.8, 4) is 0 Å². The molecule has 3 N–H and O–H groups in total. The number of urea groups is 1. The van der Waals surface area contributed by atoms with Gasteiger partial charge in [-0.3, -0.25) is 9.59 Å². The third-order valence-corrected chi connectivity index (χ3v) is 9.36. The molecule has 0 saturated carbocycles. The molecule has 3 aromatic carbocycles. The van der Waals surface area contributed by atoms with Gasteiger partial charge in [0.05, 0.1) is 5.41 Å². The van der Waals surface area contributed by atoms with Crippen LogP contribution in [0.15, 0.2) is 72.8 Å². The Morgan fingerprint density at radius 3 is 2.35 bits per heavy atom. The molecule has 3 atom stereocenters. The number of benzene rings is 3. The van der Waals surface area contributed by atoms with Gasteiger partial charge in [0.25, 0.3) is 0 Å². The van der Waals surface area contributed by atoms with Crippen molar-refractivity contribution in [3.63, 3.8) is 0 Å². The van der Waals surface area contributed by atoms with Crippen LogP contribution in [-0.2, 0) is 27.2 Å². The van der Waals surface area contributed by atoms with Crippen LogP contribution in [0.2, 0.25) is 0 Å². The molecular formula is C39H51N5O5. The average molecular weight is 670 g/mol. The second-order valence-corrected chi connectivity index (χ2v) is 14.5. The predicted octanol–water partition coefficient (Wildman–Crippen LogP) is 5.44. The van der Waals surface area contributed by atoms with Crippen molar-refractivity contribution in [2.75, 3.05) is 32.7 Å². The number of piperidine rings is 2. The van der Waals surface area contributed by atoms with Crippen molar-refractivity contribution < 1.29 is 23.9 Å². The molecule has 0 spiro atoms. The lowest BCUT2D eigenvalue weighted by atomic mass is 9.74. The zero-order chi connectivity index (χ0) is 35.0. The standard InChI is InChI=1S/C39H51N5O5/c1-5-40-35(46)39(25-28-13-7-6-8-14-28)20-12-22-44(27-39)34(45)33(24-29-18-19-30-15-9-10-16-31(30)23-29)42-36(47)41-32-17-11-21-43(26-32)37(48)49-38(2,3)4/h6-10,13-16,18-19,23,32-33H,5,11-12,17,20-22,24-27H2,1-4H3,(H,40,46)(H2,41,42,47). The van der Waals surface area contributed by atoms with Gasteiger partial charge in [-0.1, -0.05) is 72.8 Å². The van der Waals surface area contributed by atoms with E-state index in [9.17, 15) is 19.2 Å². The van der Waals surface area contributed by atoms with Crippen LogP contribution in [0.3, 0.4) is 0 Å².